The molecule has 0 saturated carbocycles. The highest BCUT2D eigenvalue weighted by Crippen LogP contribution is 2.24. The van der Waals surface area contributed by atoms with Gasteiger partial charge in [-0.1, -0.05) is 12.1 Å². The molecule has 2 aromatic heterocycles. The lowest BCUT2D eigenvalue weighted by Crippen LogP contribution is -1.94. The predicted molar refractivity (Wildman–Crippen MR) is 65.4 cm³/mol. The molecule has 1 N–H and O–H groups in total. The van der Waals surface area contributed by atoms with E-state index in [1.165, 1.54) is 0 Å². The molecular formula is C13H11N3O2. The molecule has 0 amide bonds. The van der Waals surface area contributed by atoms with Crippen LogP contribution in [0.4, 0.5) is 0 Å². The Kier molecular flexibility index (Phi) is 2.66. The van der Waals surface area contributed by atoms with Gasteiger partial charge in [0.15, 0.2) is 0 Å². The number of hydrogen-bond acceptors (Lipinski definition) is 4. The van der Waals surface area contributed by atoms with E-state index in [9.17, 15) is 0 Å². The van der Waals surface area contributed by atoms with E-state index in [0.29, 0.717) is 11.6 Å². The molecule has 3 rings (SSSR count). The topological polar surface area (TPSA) is 59.7 Å². The van der Waals surface area contributed by atoms with Gasteiger partial charge in [0.05, 0.1) is 12.8 Å². The molecule has 0 aliphatic heterocycles. The standard InChI is InChI=1S/C13H11N3O2/c17-9-10-2-1-3-11(8-10)18-13-12-4-5-15-16(12)7-6-14-13/h1-8,17H,9H2. The van der Waals surface area contributed by atoms with Crippen LogP contribution in [0.1, 0.15) is 5.56 Å². The van der Waals surface area contributed by atoms with Crippen LogP contribution in [0.5, 0.6) is 11.6 Å². The van der Waals surface area contributed by atoms with Gasteiger partial charge < -0.3 is 9.84 Å². The van der Waals surface area contributed by atoms with E-state index < -0.39 is 0 Å². The second-order valence-corrected chi connectivity index (χ2v) is 3.80. The van der Waals surface area contributed by atoms with Crippen LogP contribution in [0.2, 0.25) is 0 Å². The number of hydrogen-bond donors (Lipinski definition) is 1. The average Bonchev–Trinajstić information content (AvgIpc) is 2.88. The van der Waals surface area contributed by atoms with Crippen LogP contribution in [0.3, 0.4) is 0 Å². The molecule has 18 heavy (non-hydrogen) atoms. The van der Waals surface area contributed by atoms with E-state index in [-0.39, 0.29) is 6.61 Å². The van der Waals surface area contributed by atoms with Gasteiger partial charge in [-0.05, 0) is 23.8 Å². The summed E-state index contributed by atoms with van der Waals surface area (Å²) in [6.45, 7) is -0.0124. The number of ether oxygens (including phenoxy) is 1. The van der Waals surface area contributed by atoms with Gasteiger partial charge in [-0.3, -0.25) is 0 Å². The summed E-state index contributed by atoms with van der Waals surface area (Å²) < 4.78 is 7.40. The van der Waals surface area contributed by atoms with Gasteiger partial charge >= 0.3 is 0 Å². The molecule has 0 radical (unpaired) electrons. The van der Waals surface area contributed by atoms with Gasteiger partial charge in [0, 0.05) is 12.4 Å². The lowest BCUT2D eigenvalue weighted by Gasteiger charge is -2.06. The first-order valence-corrected chi connectivity index (χ1v) is 5.53. The van der Waals surface area contributed by atoms with Crippen molar-refractivity contribution in [1.82, 2.24) is 14.6 Å². The van der Waals surface area contributed by atoms with Gasteiger partial charge in [-0.2, -0.15) is 5.10 Å². The minimum absolute atomic E-state index is 0.0124. The maximum absolute atomic E-state index is 9.08. The van der Waals surface area contributed by atoms with Crippen LogP contribution < -0.4 is 4.74 Å². The molecule has 90 valence electrons. The second-order valence-electron chi connectivity index (χ2n) is 3.80. The fourth-order valence-electron chi connectivity index (χ4n) is 1.73. The molecule has 5 heteroatoms. The number of aliphatic hydroxyl groups is 1. The lowest BCUT2D eigenvalue weighted by molar-refractivity contribution is 0.281. The Morgan fingerprint density at radius 2 is 2.17 bits per heavy atom. The Hall–Kier alpha value is -2.40. The summed E-state index contributed by atoms with van der Waals surface area (Å²) >= 11 is 0. The van der Waals surface area contributed by atoms with E-state index in [1.807, 2.05) is 24.3 Å². The van der Waals surface area contributed by atoms with Gasteiger partial charge in [0.2, 0.25) is 5.88 Å². The number of aliphatic hydroxyl groups excluding tert-OH is 1. The fraction of sp³-hybridized carbons (Fsp3) is 0.0769. The van der Waals surface area contributed by atoms with E-state index in [0.717, 1.165) is 11.1 Å². The Morgan fingerprint density at radius 3 is 3.06 bits per heavy atom. The zero-order chi connectivity index (χ0) is 12.4. The number of nitrogens with zero attached hydrogens (tertiary/aromatic N) is 3. The van der Waals surface area contributed by atoms with Gasteiger partial charge in [0.1, 0.15) is 11.3 Å². The highest BCUT2D eigenvalue weighted by molar-refractivity contribution is 5.56. The van der Waals surface area contributed by atoms with Crippen molar-refractivity contribution in [2.45, 2.75) is 6.61 Å². The molecule has 0 aliphatic carbocycles. The van der Waals surface area contributed by atoms with Crippen LogP contribution in [0, 0.1) is 0 Å². The normalized spacial score (nSPS) is 10.7. The third-order valence-corrected chi connectivity index (χ3v) is 2.58. The zero-order valence-corrected chi connectivity index (χ0v) is 9.52. The van der Waals surface area contributed by atoms with Crippen LogP contribution in [0.25, 0.3) is 5.52 Å². The molecule has 0 unspecified atom stereocenters. The van der Waals surface area contributed by atoms with Crippen molar-refractivity contribution in [3.8, 4) is 11.6 Å². The molecule has 2 heterocycles. The monoisotopic (exact) mass is 241 g/mol. The molecule has 0 bridgehead atoms. The van der Waals surface area contributed by atoms with Gasteiger partial charge in [0.25, 0.3) is 0 Å². The molecule has 0 fully saturated rings. The molecule has 0 spiro atoms. The average molecular weight is 241 g/mol. The van der Waals surface area contributed by atoms with Crippen molar-refractivity contribution in [3.05, 3.63) is 54.5 Å². The third kappa shape index (κ3) is 1.91. The highest BCUT2D eigenvalue weighted by atomic mass is 16.5. The Morgan fingerprint density at radius 1 is 1.22 bits per heavy atom. The lowest BCUT2D eigenvalue weighted by atomic mass is 10.2. The summed E-state index contributed by atoms with van der Waals surface area (Å²) in [4.78, 5) is 4.18. The predicted octanol–water partition coefficient (Wildman–Crippen LogP) is 2.01. The molecule has 0 aliphatic rings. The summed E-state index contributed by atoms with van der Waals surface area (Å²) in [6.07, 6.45) is 5.07. The Balaban J connectivity index is 1.98. The van der Waals surface area contributed by atoms with Crippen LogP contribution in [0.15, 0.2) is 48.9 Å². The first-order valence-electron chi connectivity index (χ1n) is 5.53. The van der Waals surface area contributed by atoms with Crippen LogP contribution in [-0.4, -0.2) is 19.7 Å². The summed E-state index contributed by atoms with van der Waals surface area (Å²) in [5.74, 6) is 1.13. The number of fused-ring (bicyclic) bond motifs is 1. The summed E-state index contributed by atoms with van der Waals surface area (Å²) in [7, 11) is 0. The zero-order valence-electron chi connectivity index (χ0n) is 9.52. The number of benzene rings is 1. The number of rotatable bonds is 3. The molecule has 1 aromatic carbocycles. The van der Waals surface area contributed by atoms with Crippen LogP contribution >= 0.6 is 0 Å². The van der Waals surface area contributed by atoms with Crippen molar-refractivity contribution in [2.75, 3.05) is 0 Å². The first kappa shape index (κ1) is 10.7. The molecule has 3 aromatic rings. The largest absolute Gasteiger partial charge is 0.437 e. The Bertz CT molecular complexity index is 679. The van der Waals surface area contributed by atoms with Crippen molar-refractivity contribution in [1.29, 1.82) is 0 Å². The molecule has 0 saturated heterocycles. The van der Waals surface area contributed by atoms with Crippen molar-refractivity contribution < 1.29 is 9.84 Å². The second kappa shape index (κ2) is 4.46. The SMILES string of the molecule is OCc1cccc(Oc2nccn3nccc23)c1. The number of aromatic nitrogens is 3. The summed E-state index contributed by atoms with van der Waals surface area (Å²) in [5.41, 5.74) is 1.60. The fourth-order valence-corrected chi connectivity index (χ4v) is 1.73. The van der Waals surface area contributed by atoms with E-state index in [4.69, 9.17) is 9.84 Å². The molecular weight excluding hydrogens is 230 g/mol. The quantitative estimate of drug-likeness (QED) is 0.762. The van der Waals surface area contributed by atoms with Crippen molar-refractivity contribution in [3.63, 3.8) is 0 Å². The maximum atomic E-state index is 9.08. The summed E-state index contributed by atoms with van der Waals surface area (Å²) in [5, 5.41) is 13.2. The van der Waals surface area contributed by atoms with E-state index in [1.54, 1.807) is 29.2 Å². The van der Waals surface area contributed by atoms with E-state index in [2.05, 4.69) is 10.1 Å². The highest BCUT2D eigenvalue weighted by Gasteiger charge is 2.05. The molecule has 5 nitrogen and oxygen atoms in total. The summed E-state index contributed by atoms with van der Waals surface area (Å²) in [6, 6.07) is 9.09. The first-order chi connectivity index (χ1) is 8.86. The van der Waals surface area contributed by atoms with Gasteiger partial charge in [-0.15, -0.1) is 0 Å². The smallest absolute Gasteiger partial charge is 0.245 e. The third-order valence-electron chi connectivity index (χ3n) is 2.58. The van der Waals surface area contributed by atoms with Gasteiger partial charge in [-0.25, -0.2) is 9.50 Å². The Labute approximate surface area is 103 Å². The molecule has 0 atom stereocenters. The minimum atomic E-state index is -0.0124. The maximum Gasteiger partial charge on any atom is 0.245 e. The van der Waals surface area contributed by atoms with E-state index >= 15 is 0 Å². The van der Waals surface area contributed by atoms with Crippen molar-refractivity contribution in [2.24, 2.45) is 0 Å². The van der Waals surface area contributed by atoms with Crippen molar-refractivity contribution >= 4 is 5.52 Å². The minimum Gasteiger partial charge on any atom is -0.437 e. The van der Waals surface area contributed by atoms with Crippen LogP contribution in [-0.2, 0) is 6.61 Å².